The second kappa shape index (κ2) is 55.5. The first kappa shape index (κ1) is 78.5. The Morgan fingerprint density at radius 3 is 1.28 bits per heavy atom. The molecule has 0 saturated carbocycles. The van der Waals surface area contributed by atoms with Crippen molar-refractivity contribution in [2.75, 3.05) is 19.8 Å². The molecule has 9 N–H and O–H groups in total. The van der Waals surface area contributed by atoms with Crippen molar-refractivity contribution in [3.05, 3.63) is 122 Å². The molecule has 12 atom stereocenters. The van der Waals surface area contributed by atoms with Gasteiger partial charge in [0.15, 0.2) is 12.6 Å². The van der Waals surface area contributed by atoms with Crippen molar-refractivity contribution in [2.45, 2.75) is 306 Å². The van der Waals surface area contributed by atoms with Crippen LogP contribution in [0.5, 0.6) is 0 Å². The van der Waals surface area contributed by atoms with Crippen molar-refractivity contribution in [3.8, 4) is 0 Å². The van der Waals surface area contributed by atoms with Gasteiger partial charge in [0.25, 0.3) is 0 Å². The minimum Gasteiger partial charge on any atom is -0.394 e. The third kappa shape index (κ3) is 39.4. The van der Waals surface area contributed by atoms with Gasteiger partial charge in [0.1, 0.15) is 48.8 Å². The number of hydrogen-bond acceptors (Lipinski definition) is 13. The van der Waals surface area contributed by atoms with Gasteiger partial charge in [0.2, 0.25) is 5.91 Å². The van der Waals surface area contributed by atoms with E-state index in [1.54, 1.807) is 6.08 Å². The molecule has 2 aliphatic heterocycles. The number of hydrogen-bond donors (Lipinski definition) is 9. The molecule has 0 radical (unpaired) electrons. The van der Waals surface area contributed by atoms with E-state index in [0.717, 1.165) is 103 Å². The van der Waals surface area contributed by atoms with E-state index in [9.17, 15) is 45.6 Å². The van der Waals surface area contributed by atoms with Gasteiger partial charge < -0.3 is 65.1 Å². The molecule has 492 valence electrons. The van der Waals surface area contributed by atoms with Crippen molar-refractivity contribution in [3.63, 3.8) is 0 Å². The summed E-state index contributed by atoms with van der Waals surface area (Å²) < 4.78 is 22.8. The lowest BCUT2D eigenvalue weighted by Gasteiger charge is -2.46. The van der Waals surface area contributed by atoms with Crippen molar-refractivity contribution in [2.24, 2.45) is 0 Å². The largest absolute Gasteiger partial charge is 0.394 e. The van der Waals surface area contributed by atoms with Crippen LogP contribution in [-0.2, 0) is 23.7 Å². The number of nitrogens with one attached hydrogen (secondary N) is 1. The highest BCUT2D eigenvalue weighted by Crippen LogP contribution is 2.30. The molecule has 2 aliphatic rings. The summed E-state index contributed by atoms with van der Waals surface area (Å²) >= 11 is 0. The number of ether oxygens (including phenoxy) is 4. The number of carbonyl (C=O) groups excluding carboxylic acids is 1. The molecule has 0 aromatic heterocycles. The smallest absolute Gasteiger partial charge is 0.220 e. The highest BCUT2D eigenvalue weighted by Gasteiger charge is 2.51. The summed E-state index contributed by atoms with van der Waals surface area (Å²) in [5.74, 6) is -0.264. The van der Waals surface area contributed by atoms with Gasteiger partial charge in [0, 0.05) is 6.42 Å². The van der Waals surface area contributed by atoms with Crippen LogP contribution in [0.2, 0.25) is 0 Å². The Labute approximate surface area is 520 Å². The van der Waals surface area contributed by atoms with Crippen molar-refractivity contribution >= 4 is 5.91 Å². The van der Waals surface area contributed by atoms with Gasteiger partial charge >= 0.3 is 0 Å². The summed E-state index contributed by atoms with van der Waals surface area (Å²) in [4.78, 5) is 13.3. The number of carbonyl (C=O) groups is 1. The van der Waals surface area contributed by atoms with Gasteiger partial charge in [-0.15, -0.1) is 0 Å². The average Bonchev–Trinajstić information content (AvgIpc) is 2.54. The van der Waals surface area contributed by atoms with Gasteiger partial charge in [-0.05, 0) is 103 Å². The summed E-state index contributed by atoms with van der Waals surface area (Å²) in [6, 6.07) is -0.951. The van der Waals surface area contributed by atoms with E-state index in [4.69, 9.17) is 18.9 Å². The monoisotopic (exact) mass is 1210 g/mol. The van der Waals surface area contributed by atoms with Crippen LogP contribution in [0.4, 0.5) is 0 Å². The fourth-order valence-corrected chi connectivity index (χ4v) is 10.2. The minimum atomic E-state index is -1.80. The van der Waals surface area contributed by atoms with E-state index in [2.05, 4.69) is 129 Å². The molecule has 2 heterocycles. The zero-order valence-corrected chi connectivity index (χ0v) is 53.3. The lowest BCUT2D eigenvalue weighted by Crippen LogP contribution is -2.65. The van der Waals surface area contributed by atoms with Gasteiger partial charge in [-0.1, -0.05) is 245 Å². The minimum absolute atomic E-state index is 0.255. The van der Waals surface area contributed by atoms with E-state index in [1.165, 1.54) is 96.3 Å². The normalized spacial score (nSPS) is 24.2. The highest BCUT2D eigenvalue weighted by atomic mass is 16.7. The quantitative estimate of drug-likeness (QED) is 0.0204. The van der Waals surface area contributed by atoms with Crippen LogP contribution < -0.4 is 5.32 Å². The Hall–Kier alpha value is -3.61. The van der Waals surface area contributed by atoms with Crippen molar-refractivity contribution in [1.82, 2.24) is 5.32 Å². The second-order valence-corrected chi connectivity index (χ2v) is 23.2. The maximum absolute atomic E-state index is 13.3. The summed E-state index contributed by atoms with van der Waals surface area (Å²) in [6.45, 7) is 2.65. The lowest BCUT2D eigenvalue weighted by atomic mass is 9.97. The molecule has 14 nitrogen and oxygen atoms in total. The number of allylic oxidation sites excluding steroid dienone is 19. The molecule has 86 heavy (non-hydrogen) atoms. The predicted molar refractivity (Wildman–Crippen MR) is 350 cm³/mol. The van der Waals surface area contributed by atoms with E-state index < -0.39 is 86.8 Å². The number of rotatable bonds is 53. The zero-order chi connectivity index (χ0) is 62.3. The van der Waals surface area contributed by atoms with Crippen LogP contribution >= 0.6 is 0 Å². The molecule has 14 heteroatoms. The Morgan fingerprint density at radius 1 is 0.430 bits per heavy atom. The second-order valence-electron chi connectivity index (χ2n) is 23.2. The molecule has 0 aromatic carbocycles. The number of unbranched alkanes of at least 4 members (excludes halogenated alkanes) is 22. The standard InChI is InChI=1S/C72H121NO13/c1-3-5-7-9-11-13-15-17-19-21-23-25-26-27-28-29-30-31-32-33-34-36-38-40-42-44-46-48-50-52-54-56-64(77)73-60(61(76)55-53-51-49-47-45-43-41-39-37-35-24-22-20-18-16-14-12-10-8-6-4-2)59-83-71-69(82)67(80)70(63(58-75)85-71)86-72-68(81)66(79)65(78)62(57-74)84-72/h5,7,11,13,17,19,23,25,27-28,30-31,33-34,37,39,45,47,53,55,60-63,65-72,74-76,78-82H,3-4,6,8-10,12,14-16,18,20-22,24,26,29,32,35-36,38,40-44,46,48-52,54,56-59H2,1-2H3,(H,73,77)/b7-5-,13-11-,19-17-,25-23-,28-27-,31-30-,34-33-,39-37+,47-45+,55-53+. The molecule has 12 unspecified atom stereocenters. The van der Waals surface area contributed by atoms with Crippen LogP contribution in [0.25, 0.3) is 0 Å². The van der Waals surface area contributed by atoms with Gasteiger partial charge in [-0.2, -0.15) is 0 Å². The fraction of sp³-hybridized carbons (Fsp3) is 0.708. The molecule has 2 fully saturated rings. The summed E-state index contributed by atoms with van der Waals surface area (Å²) in [7, 11) is 0. The maximum Gasteiger partial charge on any atom is 0.220 e. The summed E-state index contributed by atoms with van der Waals surface area (Å²) in [5, 5.41) is 87.3. The SMILES string of the molecule is CC/C=C\C/C=C\C/C=C\C/C=C\C/C=C\C/C=C\C/C=C\CCCCCCCCCCCC(=O)NC(COC1OC(CO)C(OC2OC(CO)C(O)C(O)C2O)C(O)C1O)C(O)/C=C/CC/C=C/CC/C=C/CCCCCCCCCCCCC. The van der Waals surface area contributed by atoms with E-state index in [0.29, 0.717) is 12.8 Å². The van der Waals surface area contributed by atoms with Crippen LogP contribution in [0.1, 0.15) is 232 Å². The Balaban J connectivity index is 1.72. The van der Waals surface area contributed by atoms with Crippen molar-refractivity contribution < 1.29 is 64.6 Å². The first-order chi connectivity index (χ1) is 42.1. The highest BCUT2D eigenvalue weighted by molar-refractivity contribution is 5.76. The van der Waals surface area contributed by atoms with Crippen LogP contribution in [-0.4, -0.2) is 140 Å². The molecule has 0 aliphatic carbocycles. The summed E-state index contributed by atoms with van der Waals surface area (Å²) in [5.41, 5.74) is 0. The summed E-state index contributed by atoms with van der Waals surface area (Å²) in [6.07, 6.45) is 63.8. The molecular weight excluding hydrogens is 1090 g/mol. The molecular formula is C72H121NO13. The van der Waals surface area contributed by atoms with Gasteiger partial charge in [0.05, 0.1) is 32.0 Å². The number of aliphatic hydroxyl groups excluding tert-OH is 8. The fourth-order valence-electron chi connectivity index (χ4n) is 10.2. The topological polar surface area (TPSA) is 228 Å². The van der Waals surface area contributed by atoms with Crippen LogP contribution in [0.3, 0.4) is 0 Å². The van der Waals surface area contributed by atoms with Crippen molar-refractivity contribution in [1.29, 1.82) is 0 Å². The third-order valence-electron chi connectivity index (χ3n) is 15.6. The molecule has 2 rings (SSSR count). The lowest BCUT2D eigenvalue weighted by molar-refractivity contribution is -0.359. The number of amides is 1. The molecule has 0 spiro atoms. The molecule has 0 aromatic rings. The molecule has 2 saturated heterocycles. The first-order valence-electron chi connectivity index (χ1n) is 33.8. The Bertz CT molecular complexity index is 1910. The van der Waals surface area contributed by atoms with Crippen LogP contribution in [0.15, 0.2) is 122 Å². The molecule has 0 bridgehead atoms. The van der Waals surface area contributed by atoms with E-state index in [-0.39, 0.29) is 18.9 Å². The first-order valence-corrected chi connectivity index (χ1v) is 33.8. The van der Waals surface area contributed by atoms with Gasteiger partial charge in [-0.3, -0.25) is 4.79 Å². The maximum atomic E-state index is 13.3. The Kier molecular flexibility index (Phi) is 50.6. The van der Waals surface area contributed by atoms with Gasteiger partial charge in [-0.25, -0.2) is 0 Å². The average molecular weight is 1210 g/mol. The molecule has 1 amide bonds. The predicted octanol–water partition coefficient (Wildman–Crippen LogP) is 13.3. The number of aliphatic hydroxyl groups is 8. The van der Waals surface area contributed by atoms with E-state index in [1.807, 2.05) is 6.08 Å². The third-order valence-corrected chi connectivity index (χ3v) is 15.6. The van der Waals surface area contributed by atoms with Crippen LogP contribution in [0, 0.1) is 0 Å². The Morgan fingerprint density at radius 2 is 0.814 bits per heavy atom. The van der Waals surface area contributed by atoms with E-state index >= 15 is 0 Å². The zero-order valence-electron chi connectivity index (χ0n) is 53.3.